The van der Waals surface area contributed by atoms with Gasteiger partial charge in [0.1, 0.15) is 17.0 Å². The predicted molar refractivity (Wildman–Crippen MR) is 76.8 cm³/mol. The molecule has 0 spiro atoms. The number of hydrogen-bond donors (Lipinski definition) is 1. The Morgan fingerprint density at radius 1 is 1.30 bits per heavy atom. The van der Waals surface area contributed by atoms with E-state index in [1.807, 2.05) is 12.1 Å². The van der Waals surface area contributed by atoms with Crippen molar-refractivity contribution in [3.05, 3.63) is 41.2 Å². The highest BCUT2D eigenvalue weighted by Crippen LogP contribution is 2.17. The molecular weight excluding hydrogens is 278 g/mol. The number of halogens is 1. The molecular formula is C14H18ClN3O2. The lowest BCUT2D eigenvalue weighted by atomic mass is 10.1. The first-order valence-electron chi connectivity index (χ1n) is 6.46. The van der Waals surface area contributed by atoms with Crippen LogP contribution in [0.15, 0.2) is 30.5 Å². The highest BCUT2D eigenvalue weighted by atomic mass is 35.5. The summed E-state index contributed by atoms with van der Waals surface area (Å²) in [4.78, 5) is 0. The number of aryl methyl sites for hydroxylation is 1. The second-order valence-electron chi connectivity index (χ2n) is 5.08. The van der Waals surface area contributed by atoms with Crippen LogP contribution in [-0.4, -0.2) is 26.7 Å². The molecule has 0 aliphatic carbocycles. The summed E-state index contributed by atoms with van der Waals surface area (Å²) in [6.07, 6.45) is 2.56. The number of aliphatic hydroxyl groups is 1. The Morgan fingerprint density at radius 3 is 2.60 bits per heavy atom. The summed E-state index contributed by atoms with van der Waals surface area (Å²) < 4.78 is 7.29. The van der Waals surface area contributed by atoms with Gasteiger partial charge in [-0.05, 0) is 38.1 Å². The van der Waals surface area contributed by atoms with E-state index in [1.165, 1.54) is 0 Å². The van der Waals surface area contributed by atoms with Gasteiger partial charge in [0, 0.05) is 18.0 Å². The Labute approximate surface area is 123 Å². The molecule has 1 aromatic carbocycles. The largest absolute Gasteiger partial charge is 0.494 e. The molecule has 0 amide bonds. The zero-order chi connectivity index (χ0) is 14.6. The van der Waals surface area contributed by atoms with E-state index in [1.54, 1.807) is 36.9 Å². The van der Waals surface area contributed by atoms with E-state index in [0.717, 1.165) is 12.2 Å². The zero-order valence-corrected chi connectivity index (χ0v) is 12.3. The SMILES string of the molecule is CC(C)(O)c1cn(CCCOc2ccc(Cl)cc2)nn1. The third-order valence-corrected chi connectivity index (χ3v) is 3.03. The molecule has 0 aliphatic heterocycles. The molecule has 0 radical (unpaired) electrons. The molecule has 0 saturated carbocycles. The Morgan fingerprint density at radius 2 is 2.00 bits per heavy atom. The minimum atomic E-state index is -0.960. The molecule has 0 unspecified atom stereocenters. The van der Waals surface area contributed by atoms with Crippen molar-refractivity contribution < 1.29 is 9.84 Å². The molecule has 0 fully saturated rings. The van der Waals surface area contributed by atoms with Gasteiger partial charge in [-0.3, -0.25) is 4.68 Å². The average Bonchev–Trinajstić information content (AvgIpc) is 2.85. The Bertz CT molecular complexity index is 546. The van der Waals surface area contributed by atoms with Crippen molar-refractivity contribution in [2.45, 2.75) is 32.4 Å². The molecule has 2 rings (SSSR count). The van der Waals surface area contributed by atoms with Gasteiger partial charge in [0.2, 0.25) is 0 Å². The van der Waals surface area contributed by atoms with Crippen molar-refractivity contribution in [2.24, 2.45) is 0 Å². The summed E-state index contributed by atoms with van der Waals surface area (Å²) in [5.41, 5.74) is -0.394. The molecule has 20 heavy (non-hydrogen) atoms. The third kappa shape index (κ3) is 4.21. The standard InChI is InChI=1S/C14H18ClN3O2/c1-14(2,19)13-10-18(17-16-13)8-3-9-20-12-6-4-11(15)5-7-12/h4-7,10,19H,3,8-9H2,1-2H3. The smallest absolute Gasteiger partial charge is 0.119 e. The Balaban J connectivity index is 1.76. The van der Waals surface area contributed by atoms with E-state index in [4.69, 9.17) is 16.3 Å². The number of rotatable bonds is 6. The minimum Gasteiger partial charge on any atom is -0.494 e. The molecule has 1 N–H and O–H groups in total. The predicted octanol–water partition coefficient (Wildman–Crippen LogP) is 2.63. The summed E-state index contributed by atoms with van der Waals surface area (Å²) in [5, 5.41) is 18.4. The summed E-state index contributed by atoms with van der Waals surface area (Å²) in [6, 6.07) is 7.27. The van der Waals surface area contributed by atoms with Crippen LogP contribution in [0, 0.1) is 0 Å². The van der Waals surface area contributed by atoms with Crippen molar-refractivity contribution in [1.29, 1.82) is 0 Å². The fourth-order valence-electron chi connectivity index (χ4n) is 1.64. The van der Waals surface area contributed by atoms with Crippen molar-refractivity contribution in [2.75, 3.05) is 6.61 Å². The maximum Gasteiger partial charge on any atom is 0.119 e. The quantitative estimate of drug-likeness (QED) is 0.832. The van der Waals surface area contributed by atoms with Gasteiger partial charge < -0.3 is 9.84 Å². The number of ether oxygens (including phenoxy) is 1. The molecule has 5 nitrogen and oxygen atoms in total. The topological polar surface area (TPSA) is 60.2 Å². The van der Waals surface area contributed by atoms with Crippen LogP contribution in [0.1, 0.15) is 26.0 Å². The maximum atomic E-state index is 9.79. The van der Waals surface area contributed by atoms with E-state index in [0.29, 0.717) is 23.9 Å². The molecule has 6 heteroatoms. The highest BCUT2D eigenvalue weighted by molar-refractivity contribution is 6.30. The van der Waals surface area contributed by atoms with Crippen LogP contribution in [-0.2, 0) is 12.1 Å². The van der Waals surface area contributed by atoms with E-state index < -0.39 is 5.60 Å². The second-order valence-corrected chi connectivity index (χ2v) is 5.52. The third-order valence-electron chi connectivity index (χ3n) is 2.78. The van der Waals surface area contributed by atoms with Gasteiger partial charge in [-0.1, -0.05) is 16.8 Å². The minimum absolute atomic E-state index is 0.566. The molecule has 108 valence electrons. The van der Waals surface area contributed by atoms with Gasteiger partial charge in [0.25, 0.3) is 0 Å². The Kier molecular flexibility index (Phi) is 4.62. The monoisotopic (exact) mass is 295 g/mol. The number of aromatic nitrogens is 3. The number of nitrogens with zero attached hydrogens (tertiary/aromatic N) is 3. The highest BCUT2D eigenvalue weighted by Gasteiger charge is 2.19. The van der Waals surface area contributed by atoms with Crippen LogP contribution in [0.4, 0.5) is 0 Å². The molecule has 2 aromatic rings. The van der Waals surface area contributed by atoms with Crippen molar-refractivity contribution in [1.82, 2.24) is 15.0 Å². The lowest BCUT2D eigenvalue weighted by molar-refractivity contribution is 0.0737. The van der Waals surface area contributed by atoms with Gasteiger partial charge in [0.05, 0.1) is 12.8 Å². The van der Waals surface area contributed by atoms with Crippen LogP contribution in [0.2, 0.25) is 5.02 Å². The normalized spacial score (nSPS) is 11.6. The fourth-order valence-corrected chi connectivity index (χ4v) is 1.76. The first-order chi connectivity index (χ1) is 9.45. The fraction of sp³-hybridized carbons (Fsp3) is 0.429. The summed E-state index contributed by atoms with van der Waals surface area (Å²) in [7, 11) is 0. The zero-order valence-electron chi connectivity index (χ0n) is 11.6. The summed E-state index contributed by atoms with van der Waals surface area (Å²) in [5.74, 6) is 0.796. The van der Waals surface area contributed by atoms with Gasteiger partial charge in [0.15, 0.2) is 0 Å². The molecule has 0 bridgehead atoms. The van der Waals surface area contributed by atoms with E-state index in [2.05, 4.69) is 10.3 Å². The molecule has 1 heterocycles. The van der Waals surface area contributed by atoms with Crippen LogP contribution >= 0.6 is 11.6 Å². The summed E-state index contributed by atoms with van der Waals surface area (Å²) in [6.45, 7) is 4.64. The van der Waals surface area contributed by atoms with Gasteiger partial charge in [-0.2, -0.15) is 0 Å². The van der Waals surface area contributed by atoms with Crippen LogP contribution in [0.25, 0.3) is 0 Å². The lowest BCUT2D eigenvalue weighted by Crippen LogP contribution is -2.15. The van der Waals surface area contributed by atoms with Crippen molar-refractivity contribution in [3.63, 3.8) is 0 Å². The van der Waals surface area contributed by atoms with Gasteiger partial charge >= 0.3 is 0 Å². The van der Waals surface area contributed by atoms with E-state index in [-0.39, 0.29) is 0 Å². The molecule has 1 aromatic heterocycles. The maximum absolute atomic E-state index is 9.79. The molecule has 0 saturated heterocycles. The Hall–Kier alpha value is -1.59. The second kappa shape index (κ2) is 6.24. The number of hydrogen-bond acceptors (Lipinski definition) is 4. The van der Waals surface area contributed by atoms with Gasteiger partial charge in [-0.15, -0.1) is 5.10 Å². The average molecular weight is 296 g/mol. The van der Waals surface area contributed by atoms with Crippen LogP contribution in [0.3, 0.4) is 0 Å². The lowest BCUT2D eigenvalue weighted by Gasteiger charge is -2.11. The molecule has 0 aliphatic rings. The van der Waals surface area contributed by atoms with E-state index in [9.17, 15) is 5.11 Å². The first kappa shape index (κ1) is 14.8. The van der Waals surface area contributed by atoms with Crippen LogP contribution in [0.5, 0.6) is 5.75 Å². The van der Waals surface area contributed by atoms with Crippen LogP contribution < -0.4 is 4.74 Å². The van der Waals surface area contributed by atoms with Crippen molar-refractivity contribution in [3.8, 4) is 5.75 Å². The van der Waals surface area contributed by atoms with Crippen molar-refractivity contribution >= 4 is 11.6 Å². The molecule has 0 atom stereocenters. The van der Waals surface area contributed by atoms with E-state index >= 15 is 0 Å². The van der Waals surface area contributed by atoms with Gasteiger partial charge in [-0.25, -0.2) is 0 Å². The number of benzene rings is 1. The summed E-state index contributed by atoms with van der Waals surface area (Å²) >= 11 is 5.80. The first-order valence-corrected chi connectivity index (χ1v) is 6.84.